The van der Waals surface area contributed by atoms with E-state index in [9.17, 15) is 19.2 Å². The van der Waals surface area contributed by atoms with Crippen LogP contribution in [0.1, 0.15) is 258 Å². The number of ether oxygens (including phenoxy) is 1. The third-order valence-corrected chi connectivity index (χ3v) is 11.5. The lowest BCUT2D eigenvalue weighted by Gasteiger charge is -2.15. The standard InChI is InChI=1S/C50H94N2O7/c1-3-5-7-9-11-13-14-15-16-17-18-19-20-21-22-23-24-25-26-28-30-32-38-42-49(56)59-45(39-35-31-29-27-12-10-8-6-4-2)40-36-33-34-37-41-47(54)51-43-48(55)52-46(44-53)50(57)58/h35,39,45-46,53H,3-34,36-38,40-44H2,1-2H3,(H,51,54)(H,52,55)(H,57,58)/b39-35-. The molecule has 0 aliphatic heterocycles. The van der Waals surface area contributed by atoms with Crippen molar-refractivity contribution >= 4 is 23.8 Å². The topological polar surface area (TPSA) is 142 Å². The Morgan fingerprint density at radius 3 is 1.32 bits per heavy atom. The summed E-state index contributed by atoms with van der Waals surface area (Å²) in [5.74, 6) is -2.37. The molecule has 2 unspecified atom stereocenters. The summed E-state index contributed by atoms with van der Waals surface area (Å²) in [5, 5.41) is 22.6. The molecule has 2 atom stereocenters. The maximum atomic E-state index is 12.8. The molecule has 0 saturated heterocycles. The Morgan fingerprint density at radius 2 is 0.898 bits per heavy atom. The minimum atomic E-state index is -1.39. The van der Waals surface area contributed by atoms with Gasteiger partial charge in [0.15, 0.2) is 0 Å². The first-order chi connectivity index (χ1) is 28.8. The van der Waals surface area contributed by atoms with Crippen molar-refractivity contribution < 1.29 is 34.1 Å². The number of carbonyl (C=O) groups is 4. The highest BCUT2D eigenvalue weighted by Gasteiger charge is 2.19. The smallest absolute Gasteiger partial charge is 0.328 e. The number of aliphatic hydroxyl groups excluding tert-OH is 1. The summed E-state index contributed by atoms with van der Waals surface area (Å²) in [6.45, 7) is 3.48. The average Bonchev–Trinajstić information content (AvgIpc) is 3.22. The van der Waals surface area contributed by atoms with Gasteiger partial charge in [-0.15, -0.1) is 0 Å². The van der Waals surface area contributed by atoms with E-state index >= 15 is 0 Å². The van der Waals surface area contributed by atoms with Crippen molar-refractivity contribution in [3.63, 3.8) is 0 Å². The molecule has 0 aromatic heterocycles. The highest BCUT2D eigenvalue weighted by atomic mass is 16.5. The number of aliphatic hydroxyl groups is 1. The van der Waals surface area contributed by atoms with Gasteiger partial charge < -0.3 is 25.6 Å². The number of hydrogen-bond donors (Lipinski definition) is 4. The van der Waals surface area contributed by atoms with Gasteiger partial charge in [0.05, 0.1) is 13.2 Å². The van der Waals surface area contributed by atoms with Crippen molar-refractivity contribution in [2.75, 3.05) is 13.2 Å². The molecule has 59 heavy (non-hydrogen) atoms. The van der Waals surface area contributed by atoms with Crippen molar-refractivity contribution in [1.29, 1.82) is 0 Å². The molecule has 4 N–H and O–H groups in total. The number of amides is 2. The van der Waals surface area contributed by atoms with Gasteiger partial charge in [0.2, 0.25) is 11.8 Å². The molecule has 0 saturated carbocycles. The van der Waals surface area contributed by atoms with Crippen LogP contribution in [0.5, 0.6) is 0 Å². The number of rotatable bonds is 46. The van der Waals surface area contributed by atoms with Crippen molar-refractivity contribution in [2.45, 2.75) is 270 Å². The van der Waals surface area contributed by atoms with E-state index < -0.39 is 24.5 Å². The molecule has 0 aliphatic rings. The SMILES string of the molecule is CCCCCCCCC/C=C\C(CCCCCCC(=O)NCC(=O)NC(CO)C(=O)O)OC(=O)CCCCCCCCCCCCCCCCCCCCCCCCC. The molecule has 0 rings (SSSR count). The highest BCUT2D eigenvalue weighted by Crippen LogP contribution is 2.17. The second kappa shape index (κ2) is 45.1. The number of esters is 1. The van der Waals surface area contributed by atoms with Crippen LogP contribution in [0.15, 0.2) is 12.2 Å². The minimum Gasteiger partial charge on any atom is -0.480 e. The van der Waals surface area contributed by atoms with Crippen molar-refractivity contribution in [3.8, 4) is 0 Å². The van der Waals surface area contributed by atoms with Crippen LogP contribution in [0.2, 0.25) is 0 Å². The van der Waals surface area contributed by atoms with Crippen LogP contribution < -0.4 is 10.6 Å². The molecule has 346 valence electrons. The fraction of sp³-hybridized carbons (Fsp3) is 0.880. The molecule has 0 radical (unpaired) electrons. The van der Waals surface area contributed by atoms with Gasteiger partial charge in [-0.3, -0.25) is 14.4 Å². The summed E-state index contributed by atoms with van der Waals surface area (Å²) in [5.41, 5.74) is 0. The molecule has 0 spiro atoms. The summed E-state index contributed by atoms with van der Waals surface area (Å²) >= 11 is 0. The van der Waals surface area contributed by atoms with Crippen molar-refractivity contribution in [1.82, 2.24) is 10.6 Å². The first-order valence-electron chi connectivity index (χ1n) is 25.1. The Balaban J connectivity index is 4.09. The van der Waals surface area contributed by atoms with Crippen LogP contribution in [-0.4, -0.2) is 59.3 Å². The molecule has 0 aromatic rings. The van der Waals surface area contributed by atoms with E-state index in [2.05, 4.69) is 36.6 Å². The minimum absolute atomic E-state index is 0.103. The predicted molar refractivity (Wildman–Crippen MR) is 245 cm³/mol. The van der Waals surface area contributed by atoms with Crippen molar-refractivity contribution in [3.05, 3.63) is 12.2 Å². The first kappa shape index (κ1) is 56.6. The molecule has 0 bridgehead atoms. The lowest BCUT2D eigenvalue weighted by molar-refractivity contribution is -0.147. The molecular formula is C50H94N2O7. The Kier molecular flexibility index (Phi) is 43.3. The molecule has 9 nitrogen and oxygen atoms in total. The van der Waals surface area contributed by atoms with Gasteiger partial charge >= 0.3 is 11.9 Å². The van der Waals surface area contributed by atoms with E-state index in [1.54, 1.807) is 0 Å². The number of hydrogen-bond acceptors (Lipinski definition) is 6. The van der Waals surface area contributed by atoms with E-state index in [1.807, 2.05) is 0 Å². The van der Waals surface area contributed by atoms with E-state index in [1.165, 1.54) is 173 Å². The molecular weight excluding hydrogens is 741 g/mol. The van der Waals surface area contributed by atoms with Gasteiger partial charge in [-0.05, 0) is 44.6 Å². The second-order valence-corrected chi connectivity index (χ2v) is 17.3. The van der Waals surface area contributed by atoms with E-state index in [-0.39, 0.29) is 30.9 Å². The van der Waals surface area contributed by atoms with Crippen LogP contribution in [0, 0.1) is 0 Å². The molecule has 0 aliphatic carbocycles. The van der Waals surface area contributed by atoms with E-state index in [0.29, 0.717) is 12.8 Å². The molecule has 2 amide bonds. The maximum absolute atomic E-state index is 12.8. The van der Waals surface area contributed by atoms with Gasteiger partial charge in [-0.1, -0.05) is 213 Å². The Morgan fingerprint density at radius 1 is 0.508 bits per heavy atom. The normalized spacial score (nSPS) is 12.5. The van der Waals surface area contributed by atoms with Crippen LogP contribution in [0.25, 0.3) is 0 Å². The quantitative estimate of drug-likeness (QED) is 0.0272. The predicted octanol–water partition coefficient (Wildman–Crippen LogP) is 13.0. The fourth-order valence-electron chi connectivity index (χ4n) is 7.63. The zero-order valence-electron chi connectivity index (χ0n) is 38.5. The zero-order valence-corrected chi connectivity index (χ0v) is 38.5. The number of nitrogens with one attached hydrogen (secondary N) is 2. The number of unbranched alkanes of at least 4 members (excludes halogenated alkanes) is 32. The number of carboxylic acids is 1. The van der Waals surface area contributed by atoms with Gasteiger partial charge in [-0.2, -0.15) is 0 Å². The number of carboxylic acid groups (broad SMARTS) is 1. The van der Waals surface area contributed by atoms with Gasteiger partial charge in [0, 0.05) is 12.8 Å². The highest BCUT2D eigenvalue weighted by molar-refractivity contribution is 5.87. The number of carbonyl (C=O) groups excluding carboxylic acids is 3. The maximum Gasteiger partial charge on any atom is 0.328 e. The van der Waals surface area contributed by atoms with Crippen LogP contribution in [-0.2, 0) is 23.9 Å². The Labute approximate surface area is 362 Å². The zero-order chi connectivity index (χ0) is 43.3. The van der Waals surface area contributed by atoms with Gasteiger partial charge in [0.25, 0.3) is 0 Å². The van der Waals surface area contributed by atoms with Crippen LogP contribution in [0.4, 0.5) is 0 Å². The Hall–Kier alpha value is -2.42. The lowest BCUT2D eigenvalue weighted by Crippen LogP contribution is -2.47. The first-order valence-corrected chi connectivity index (χ1v) is 25.1. The fourth-order valence-corrected chi connectivity index (χ4v) is 7.63. The number of allylic oxidation sites excluding steroid dienone is 1. The molecule has 0 fully saturated rings. The summed E-state index contributed by atoms with van der Waals surface area (Å²) in [4.78, 5) is 47.7. The Bertz CT molecular complexity index is 1000. The van der Waals surface area contributed by atoms with E-state index in [0.717, 1.165) is 51.4 Å². The van der Waals surface area contributed by atoms with Crippen LogP contribution >= 0.6 is 0 Å². The average molecular weight is 835 g/mol. The summed E-state index contributed by atoms with van der Waals surface area (Å²) in [7, 11) is 0. The van der Waals surface area contributed by atoms with Crippen LogP contribution in [0.3, 0.4) is 0 Å². The lowest BCUT2D eigenvalue weighted by atomic mass is 10.0. The van der Waals surface area contributed by atoms with Gasteiger partial charge in [0.1, 0.15) is 12.1 Å². The largest absolute Gasteiger partial charge is 0.480 e. The summed E-state index contributed by atoms with van der Waals surface area (Å²) in [6.07, 6.45) is 49.9. The van der Waals surface area contributed by atoms with E-state index in [4.69, 9.17) is 14.9 Å². The third-order valence-electron chi connectivity index (χ3n) is 11.5. The monoisotopic (exact) mass is 835 g/mol. The molecule has 0 aromatic carbocycles. The van der Waals surface area contributed by atoms with Crippen molar-refractivity contribution in [2.24, 2.45) is 0 Å². The summed E-state index contributed by atoms with van der Waals surface area (Å²) in [6, 6.07) is -1.39. The van der Waals surface area contributed by atoms with Gasteiger partial charge in [-0.25, -0.2) is 4.79 Å². The summed E-state index contributed by atoms with van der Waals surface area (Å²) < 4.78 is 5.94. The third kappa shape index (κ3) is 42.1. The molecule has 0 heterocycles. The second-order valence-electron chi connectivity index (χ2n) is 17.3. The number of aliphatic carboxylic acids is 1. The molecule has 9 heteroatoms.